The molecule has 7 nitrogen and oxygen atoms in total. The minimum absolute atomic E-state index is 0.163. The van der Waals surface area contributed by atoms with E-state index in [1.54, 1.807) is 24.5 Å². The van der Waals surface area contributed by atoms with E-state index >= 15 is 0 Å². The van der Waals surface area contributed by atoms with Gasteiger partial charge in [0.25, 0.3) is 5.91 Å². The van der Waals surface area contributed by atoms with E-state index in [1.165, 1.54) is 7.11 Å². The number of benzene rings is 2. The highest BCUT2D eigenvalue weighted by atomic mass is 16.5. The van der Waals surface area contributed by atoms with E-state index < -0.39 is 6.04 Å². The molecular formula is C25H26N4O3. The van der Waals surface area contributed by atoms with Gasteiger partial charge in [-0.05, 0) is 42.0 Å². The van der Waals surface area contributed by atoms with Gasteiger partial charge in [0, 0.05) is 55.5 Å². The average Bonchev–Trinajstić information content (AvgIpc) is 2.86. The smallest absolute Gasteiger partial charge is 0.327 e. The fraction of sp³-hybridized carbons (Fsp3) is 0.240. The Labute approximate surface area is 187 Å². The topological polar surface area (TPSA) is 74.8 Å². The third-order valence-corrected chi connectivity index (χ3v) is 5.65. The van der Waals surface area contributed by atoms with Gasteiger partial charge < -0.3 is 15.0 Å². The lowest BCUT2D eigenvalue weighted by atomic mass is 10.0. The van der Waals surface area contributed by atoms with Crippen LogP contribution < -0.4 is 10.2 Å². The quantitative estimate of drug-likeness (QED) is 0.605. The van der Waals surface area contributed by atoms with Gasteiger partial charge in [-0.2, -0.15) is 0 Å². The van der Waals surface area contributed by atoms with Crippen LogP contribution >= 0.6 is 0 Å². The van der Waals surface area contributed by atoms with Crippen LogP contribution in [0.2, 0.25) is 0 Å². The molecule has 0 spiro atoms. The van der Waals surface area contributed by atoms with Crippen LogP contribution in [0.3, 0.4) is 0 Å². The van der Waals surface area contributed by atoms with Gasteiger partial charge in [0.05, 0.1) is 7.11 Å². The molecule has 1 atom stereocenters. The molecule has 0 radical (unpaired) electrons. The van der Waals surface area contributed by atoms with Gasteiger partial charge >= 0.3 is 5.97 Å². The summed E-state index contributed by atoms with van der Waals surface area (Å²) in [6.07, 6.45) is 3.19. The maximum atomic E-state index is 12.5. The van der Waals surface area contributed by atoms with Gasteiger partial charge in [-0.3, -0.25) is 14.7 Å². The molecule has 0 saturated carbocycles. The lowest BCUT2D eigenvalue weighted by Gasteiger charge is -2.39. The van der Waals surface area contributed by atoms with Crippen LogP contribution in [0.5, 0.6) is 0 Å². The SMILES string of the molecule is COC(=O)C(c1ccccc1)N1CCN(c2ccc(NC(=O)c3ccncc3)cc2)CC1. The molecule has 3 aromatic rings. The van der Waals surface area contributed by atoms with Crippen molar-refractivity contribution in [3.63, 3.8) is 0 Å². The fourth-order valence-electron chi connectivity index (χ4n) is 3.94. The lowest BCUT2D eigenvalue weighted by Crippen LogP contribution is -2.49. The van der Waals surface area contributed by atoms with Gasteiger partial charge in [0.15, 0.2) is 0 Å². The van der Waals surface area contributed by atoms with Crippen molar-refractivity contribution in [1.82, 2.24) is 9.88 Å². The van der Waals surface area contributed by atoms with Crippen molar-refractivity contribution in [3.8, 4) is 0 Å². The van der Waals surface area contributed by atoms with Crippen molar-refractivity contribution in [2.45, 2.75) is 6.04 Å². The van der Waals surface area contributed by atoms with Crippen molar-refractivity contribution >= 4 is 23.3 Å². The first-order chi connectivity index (χ1) is 15.7. The van der Waals surface area contributed by atoms with E-state index in [4.69, 9.17) is 4.74 Å². The number of pyridine rings is 1. The Morgan fingerprint density at radius 1 is 0.906 bits per heavy atom. The van der Waals surface area contributed by atoms with Gasteiger partial charge in [0.1, 0.15) is 6.04 Å². The van der Waals surface area contributed by atoms with Crippen LogP contribution in [-0.4, -0.2) is 55.0 Å². The number of amides is 1. The Balaban J connectivity index is 1.37. The van der Waals surface area contributed by atoms with Gasteiger partial charge in [-0.15, -0.1) is 0 Å². The van der Waals surface area contributed by atoms with Crippen molar-refractivity contribution in [2.24, 2.45) is 0 Å². The van der Waals surface area contributed by atoms with Crippen LogP contribution in [0.1, 0.15) is 22.0 Å². The number of hydrogen-bond acceptors (Lipinski definition) is 6. The first-order valence-electron chi connectivity index (χ1n) is 10.6. The number of nitrogens with one attached hydrogen (secondary N) is 1. The molecule has 1 saturated heterocycles. The fourth-order valence-corrected chi connectivity index (χ4v) is 3.94. The highest BCUT2D eigenvalue weighted by molar-refractivity contribution is 6.04. The number of nitrogens with zero attached hydrogens (tertiary/aromatic N) is 3. The molecular weight excluding hydrogens is 404 g/mol. The maximum absolute atomic E-state index is 12.5. The third-order valence-electron chi connectivity index (χ3n) is 5.65. The molecule has 32 heavy (non-hydrogen) atoms. The van der Waals surface area contributed by atoms with Crippen LogP contribution in [0.25, 0.3) is 0 Å². The minimum atomic E-state index is -0.394. The summed E-state index contributed by atoms with van der Waals surface area (Å²) in [5, 5.41) is 2.90. The van der Waals surface area contributed by atoms with E-state index in [9.17, 15) is 9.59 Å². The number of piperazine rings is 1. The summed E-state index contributed by atoms with van der Waals surface area (Å²) < 4.78 is 5.08. The normalized spacial score (nSPS) is 15.1. The molecule has 1 fully saturated rings. The van der Waals surface area contributed by atoms with Gasteiger partial charge in [-0.25, -0.2) is 4.79 Å². The summed E-state index contributed by atoms with van der Waals surface area (Å²) in [7, 11) is 1.43. The van der Waals surface area contributed by atoms with Crippen LogP contribution in [0.15, 0.2) is 79.1 Å². The summed E-state index contributed by atoms with van der Waals surface area (Å²) >= 11 is 0. The number of hydrogen-bond donors (Lipinski definition) is 1. The van der Waals surface area contributed by atoms with Gasteiger partial charge in [0.2, 0.25) is 0 Å². The number of carbonyl (C=O) groups is 2. The molecule has 1 amide bonds. The molecule has 1 unspecified atom stereocenters. The molecule has 1 N–H and O–H groups in total. The monoisotopic (exact) mass is 430 g/mol. The predicted octanol–water partition coefficient (Wildman–Crippen LogP) is 3.37. The minimum Gasteiger partial charge on any atom is -0.468 e. The van der Waals surface area contributed by atoms with Crippen molar-refractivity contribution < 1.29 is 14.3 Å². The highest BCUT2D eigenvalue weighted by Crippen LogP contribution is 2.26. The Morgan fingerprint density at radius 3 is 2.19 bits per heavy atom. The maximum Gasteiger partial charge on any atom is 0.327 e. The van der Waals surface area contributed by atoms with E-state index in [0.717, 1.165) is 43.1 Å². The number of rotatable bonds is 6. The Kier molecular flexibility index (Phi) is 6.77. The zero-order valence-electron chi connectivity index (χ0n) is 18.0. The van der Waals surface area contributed by atoms with E-state index in [2.05, 4.69) is 20.1 Å². The Morgan fingerprint density at radius 2 is 1.56 bits per heavy atom. The predicted molar refractivity (Wildman–Crippen MR) is 124 cm³/mol. The average molecular weight is 431 g/mol. The summed E-state index contributed by atoms with van der Waals surface area (Å²) in [6, 6.07) is 20.5. The number of methoxy groups -OCH3 is 1. The number of ether oxygens (including phenoxy) is 1. The molecule has 1 aromatic heterocycles. The number of anilines is 2. The summed E-state index contributed by atoms with van der Waals surface area (Å²) in [4.78, 5) is 33.2. The number of esters is 1. The largest absolute Gasteiger partial charge is 0.468 e. The second-order valence-electron chi connectivity index (χ2n) is 7.60. The first-order valence-corrected chi connectivity index (χ1v) is 10.6. The zero-order chi connectivity index (χ0) is 22.3. The van der Waals surface area contributed by atoms with Crippen LogP contribution in [0.4, 0.5) is 11.4 Å². The third kappa shape index (κ3) is 4.95. The Hall–Kier alpha value is -3.71. The molecule has 1 aliphatic heterocycles. The molecule has 164 valence electrons. The molecule has 7 heteroatoms. The van der Waals surface area contributed by atoms with E-state index in [1.807, 2.05) is 54.6 Å². The standard InChI is InChI=1S/C25H26N4O3/c1-32-25(31)23(19-5-3-2-4-6-19)29-17-15-28(16-18-29)22-9-7-21(8-10-22)27-24(30)20-11-13-26-14-12-20/h2-14,23H,15-18H2,1H3,(H,27,30). The molecule has 4 rings (SSSR count). The second-order valence-corrected chi connectivity index (χ2v) is 7.60. The molecule has 1 aliphatic rings. The second kappa shape index (κ2) is 10.1. The molecule has 0 aliphatic carbocycles. The molecule has 2 aromatic carbocycles. The van der Waals surface area contributed by atoms with Crippen LogP contribution in [0, 0.1) is 0 Å². The Bertz CT molecular complexity index is 1030. The van der Waals surface area contributed by atoms with Crippen molar-refractivity contribution in [3.05, 3.63) is 90.3 Å². The summed E-state index contributed by atoms with van der Waals surface area (Å²) in [5.74, 6) is -0.400. The number of aromatic nitrogens is 1. The van der Waals surface area contributed by atoms with Crippen molar-refractivity contribution in [1.29, 1.82) is 0 Å². The first kappa shape index (κ1) is 21.5. The summed E-state index contributed by atoms with van der Waals surface area (Å²) in [5.41, 5.74) is 3.34. The van der Waals surface area contributed by atoms with Crippen molar-refractivity contribution in [2.75, 3.05) is 43.5 Å². The van der Waals surface area contributed by atoms with Crippen LogP contribution in [-0.2, 0) is 9.53 Å². The highest BCUT2D eigenvalue weighted by Gasteiger charge is 2.31. The summed E-state index contributed by atoms with van der Waals surface area (Å²) in [6.45, 7) is 3.08. The zero-order valence-corrected chi connectivity index (χ0v) is 18.0. The lowest BCUT2D eigenvalue weighted by molar-refractivity contribution is -0.147. The number of carbonyl (C=O) groups excluding carboxylic acids is 2. The van der Waals surface area contributed by atoms with Gasteiger partial charge in [-0.1, -0.05) is 30.3 Å². The molecule has 0 bridgehead atoms. The van der Waals surface area contributed by atoms with E-state index in [0.29, 0.717) is 5.56 Å². The molecule has 2 heterocycles. The van der Waals surface area contributed by atoms with E-state index in [-0.39, 0.29) is 11.9 Å².